The number of anilines is 1. The van der Waals surface area contributed by atoms with E-state index in [1.807, 2.05) is 30.3 Å². The molecular weight excluding hydrogens is 176 g/mol. The van der Waals surface area contributed by atoms with Gasteiger partial charge in [-0.15, -0.1) is 10.2 Å². The van der Waals surface area contributed by atoms with Crippen LogP contribution in [0.1, 0.15) is 0 Å². The molecule has 3 aromatic rings. The molecule has 0 bridgehead atoms. The molecule has 0 fully saturated rings. The van der Waals surface area contributed by atoms with Crippen molar-refractivity contribution in [1.29, 1.82) is 0 Å². The van der Waals surface area contributed by atoms with Gasteiger partial charge in [0.2, 0.25) is 0 Å². The van der Waals surface area contributed by atoms with Crippen molar-refractivity contribution >= 4 is 27.8 Å². The zero-order valence-electron chi connectivity index (χ0n) is 7.36. The van der Waals surface area contributed by atoms with Crippen molar-refractivity contribution in [3.05, 3.63) is 30.3 Å². The summed E-state index contributed by atoms with van der Waals surface area (Å²) >= 11 is 0. The van der Waals surface area contributed by atoms with E-state index in [1.165, 1.54) is 0 Å². The molecule has 0 unspecified atom stereocenters. The number of aromatic amines is 1. The van der Waals surface area contributed by atoms with Gasteiger partial charge in [-0.2, -0.15) is 0 Å². The van der Waals surface area contributed by atoms with Crippen LogP contribution in [-0.4, -0.2) is 15.2 Å². The van der Waals surface area contributed by atoms with Gasteiger partial charge in [0.15, 0.2) is 5.65 Å². The predicted molar refractivity (Wildman–Crippen MR) is 55.8 cm³/mol. The Labute approximate surface area is 79.8 Å². The molecule has 1 aromatic carbocycles. The van der Waals surface area contributed by atoms with E-state index < -0.39 is 0 Å². The molecule has 0 saturated heterocycles. The summed E-state index contributed by atoms with van der Waals surface area (Å²) in [4.78, 5) is 3.18. The molecule has 2 heterocycles. The van der Waals surface area contributed by atoms with Crippen LogP contribution in [0.5, 0.6) is 0 Å². The number of nitrogens with one attached hydrogen (secondary N) is 1. The van der Waals surface area contributed by atoms with Crippen LogP contribution in [0.25, 0.3) is 21.9 Å². The number of para-hydroxylation sites is 1. The number of benzene rings is 1. The van der Waals surface area contributed by atoms with Crippen molar-refractivity contribution in [3.8, 4) is 0 Å². The summed E-state index contributed by atoms with van der Waals surface area (Å²) in [6, 6.07) is 9.85. The summed E-state index contributed by atoms with van der Waals surface area (Å²) < 4.78 is 0. The SMILES string of the molecule is Nc1cc2c(nn1)[nH]c1ccccc12. The third kappa shape index (κ3) is 0.877. The fourth-order valence-corrected chi connectivity index (χ4v) is 1.66. The minimum absolute atomic E-state index is 0.447. The predicted octanol–water partition coefficient (Wildman–Crippen LogP) is 1.69. The molecule has 4 nitrogen and oxygen atoms in total. The molecule has 0 saturated carbocycles. The highest BCUT2D eigenvalue weighted by Gasteiger charge is 2.04. The highest BCUT2D eigenvalue weighted by molar-refractivity contribution is 6.06. The van der Waals surface area contributed by atoms with E-state index in [0.717, 1.165) is 21.9 Å². The lowest BCUT2D eigenvalue weighted by atomic mass is 10.2. The Bertz CT molecular complexity index is 612. The minimum atomic E-state index is 0.447. The van der Waals surface area contributed by atoms with Crippen molar-refractivity contribution in [2.45, 2.75) is 0 Å². The van der Waals surface area contributed by atoms with Crippen molar-refractivity contribution in [2.24, 2.45) is 0 Å². The number of hydrogen-bond acceptors (Lipinski definition) is 3. The molecule has 2 aromatic heterocycles. The van der Waals surface area contributed by atoms with Crippen molar-refractivity contribution in [1.82, 2.24) is 15.2 Å². The Balaban J connectivity index is 2.58. The molecule has 3 N–H and O–H groups in total. The van der Waals surface area contributed by atoms with E-state index >= 15 is 0 Å². The van der Waals surface area contributed by atoms with Gasteiger partial charge in [0.05, 0.1) is 0 Å². The van der Waals surface area contributed by atoms with Gasteiger partial charge in [0.1, 0.15) is 5.82 Å². The molecule has 0 aliphatic carbocycles. The quantitative estimate of drug-likeness (QED) is 0.558. The van der Waals surface area contributed by atoms with Gasteiger partial charge in [-0.25, -0.2) is 0 Å². The molecular formula is C10H8N4. The van der Waals surface area contributed by atoms with Gasteiger partial charge in [0.25, 0.3) is 0 Å². The second kappa shape index (κ2) is 2.45. The number of H-pyrrole nitrogens is 1. The van der Waals surface area contributed by atoms with Crippen LogP contribution < -0.4 is 5.73 Å². The minimum Gasteiger partial charge on any atom is -0.382 e. The highest BCUT2D eigenvalue weighted by Crippen LogP contribution is 2.23. The number of aromatic nitrogens is 3. The lowest BCUT2D eigenvalue weighted by Gasteiger charge is -1.90. The average molecular weight is 184 g/mol. The maximum absolute atomic E-state index is 5.59. The highest BCUT2D eigenvalue weighted by atomic mass is 15.2. The Morgan fingerprint density at radius 2 is 1.93 bits per heavy atom. The molecule has 0 amide bonds. The number of fused-ring (bicyclic) bond motifs is 3. The molecule has 0 aliphatic rings. The fraction of sp³-hybridized carbons (Fsp3) is 0. The van der Waals surface area contributed by atoms with E-state index in [2.05, 4.69) is 15.2 Å². The number of nitrogens with zero attached hydrogens (tertiary/aromatic N) is 2. The first-order chi connectivity index (χ1) is 6.84. The van der Waals surface area contributed by atoms with E-state index in [0.29, 0.717) is 5.82 Å². The number of hydrogen-bond donors (Lipinski definition) is 2. The average Bonchev–Trinajstić information content (AvgIpc) is 2.56. The Kier molecular flexibility index (Phi) is 1.28. The third-order valence-electron chi connectivity index (χ3n) is 2.28. The fourth-order valence-electron chi connectivity index (χ4n) is 1.66. The molecule has 3 rings (SSSR count). The molecule has 0 radical (unpaired) electrons. The molecule has 0 spiro atoms. The monoisotopic (exact) mass is 184 g/mol. The number of rotatable bonds is 0. The summed E-state index contributed by atoms with van der Waals surface area (Å²) in [7, 11) is 0. The van der Waals surface area contributed by atoms with E-state index in [4.69, 9.17) is 5.73 Å². The summed E-state index contributed by atoms with van der Waals surface area (Å²) in [5.74, 6) is 0.447. The molecule has 0 atom stereocenters. The Morgan fingerprint density at radius 3 is 2.86 bits per heavy atom. The van der Waals surface area contributed by atoms with Crippen LogP contribution in [0.4, 0.5) is 5.82 Å². The van der Waals surface area contributed by atoms with Gasteiger partial charge in [-0.3, -0.25) is 0 Å². The summed E-state index contributed by atoms with van der Waals surface area (Å²) in [5, 5.41) is 9.94. The molecule has 68 valence electrons. The zero-order valence-corrected chi connectivity index (χ0v) is 7.36. The first kappa shape index (κ1) is 7.32. The summed E-state index contributed by atoms with van der Waals surface area (Å²) in [6.07, 6.45) is 0. The smallest absolute Gasteiger partial charge is 0.161 e. The van der Waals surface area contributed by atoms with Crippen LogP contribution >= 0.6 is 0 Å². The van der Waals surface area contributed by atoms with Crippen LogP contribution in [-0.2, 0) is 0 Å². The van der Waals surface area contributed by atoms with Crippen molar-refractivity contribution in [2.75, 3.05) is 5.73 Å². The van der Waals surface area contributed by atoms with Crippen LogP contribution in [0.15, 0.2) is 30.3 Å². The zero-order chi connectivity index (χ0) is 9.54. The first-order valence-corrected chi connectivity index (χ1v) is 4.34. The van der Waals surface area contributed by atoms with Crippen LogP contribution in [0, 0.1) is 0 Å². The first-order valence-electron chi connectivity index (χ1n) is 4.34. The van der Waals surface area contributed by atoms with Crippen LogP contribution in [0.3, 0.4) is 0 Å². The van der Waals surface area contributed by atoms with Gasteiger partial charge < -0.3 is 10.7 Å². The number of nitrogens with two attached hydrogens (primary N) is 1. The van der Waals surface area contributed by atoms with Crippen molar-refractivity contribution in [3.63, 3.8) is 0 Å². The third-order valence-corrected chi connectivity index (χ3v) is 2.28. The molecule has 0 aliphatic heterocycles. The lowest BCUT2D eigenvalue weighted by Crippen LogP contribution is -1.91. The van der Waals surface area contributed by atoms with Gasteiger partial charge >= 0.3 is 0 Å². The number of nitrogen functional groups attached to an aromatic ring is 1. The maximum atomic E-state index is 5.59. The normalized spacial score (nSPS) is 11.1. The van der Waals surface area contributed by atoms with Crippen LogP contribution in [0.2, 0.25) is 0 Å². The second-order valence-electron chi connectivity index (χ2n) is 3.20. The largest absolute Gasteiger partial charge is 0.382 e. The Hall–Kier alpha value is -2.10. The summed E-state index contributed by atoms with van der Waals surface area (Å²) in [5.41, 5.74) is 7.42. The Morgan fingerprint density at radius 1 is 1.07 bits per heavy atom. The van der Waals surface area contributed by atoms with Gasteiger partial charge in [-0.05, 0) is 12.1 Å². The van der Waals surface area contributed by atoms with Gasteiger partial charge in [-0.1, -0.05) is 18.2 Å². The molecule has 14 heavy (non-hydrogen) atoms. The van der Waals surface area contributed by atoms with E-state index in [1.54, 1.807) is 0 Å². The second-order valence-corrected chi connectivity index (χ2v) is 3.20. The lowest BCUT2D eigenvalue weighted by molar-refractivity contribution is 1.07. The van der Waals surface area contributed by atoms with Gasteiger partial charge in [0, 0.05) is 16.3 Å². The molecule has 4 heteroatoms. The van der Waals surface area contributed by atoms with E-state index in [-0.39, 0.29) is 0 Å². The topological polar surface area (TPSA) is 67.6 Å². The van der Waals surface area contributed by atoms with E-state index in [9.17, 15) is 0 Å². The van der Waals surface area contributed by atoms with Crippen molar-refractivity contribution < 1.29 is 0 Å². The summed E-state index contributed by atoms with van der Waals surface area (Å²) in [6.45, 7) is 0. The standard InChI is InChI=1S/C10H8N4/c11-9-5-7-6-3-1-2-4-8(6)12-10(7)14-13-9/h1-5H,(H2,11,13)(H,12,14). The maximum Gasteiger partial charge on any atom is 0.161 e.